The molecule has 6 heteroatoms. The Labute approximate surface area is 117 Å². The van der Waals surface area contributed by atoms with Crippen molar-refractivity contribution in [1.29, 1.82) is 0 Å². The van der Waals surface area contributed by atoms with Crippen molar-refractivity contribution >= 4 is 16.7 Å². The molecule has 3 aromatic heterocycles. The highest BCUT2D eigenvalue weighted by molar-refractivity contribution is 5.81. The lowest BCUT2D eigenvalue weighted by molar-refractivity contribution is 0.627. The predicted octanol–water partition coefficient (Wildman–Crippen LogP) is 2.11. The topological polar surface area (TPSA) is 60.6 Å². The second-order valence-electron chi connectivity index (χ2n) is 4.80. The van der Waals surface area contributed by atoms with Crippen LogP contribution in [0.3, 0.4) is 0 Å². The highest BCUT2D eigenvalue weighted by Gasteiger charge is 2.07. The minimum absolute atomic E-state index is 0.736. The van der Waals surface area contributed by atoms with Crippen molar-refractivity contribution < 1.29 is 0 Å². The SMILES string of the molecule is CCn1nccc1CNc1cnc2c(c1)c(C)nn2C. The summed E-state index contributed by atoms with van der Waals surface area (Å²) < 4.78 is 3.79. The third kappa shape index (κ3) is 2.13. The molecular formula is C14H18N6. The lowest BCUT2D eigenvalue weighted by atomic mass is 10.2. The molecule has 3 aromatic rings. The normalized spacial score (nSPS) is 11.2. The van der Waals surface area contributed by atoms with E-state index in [2.05, 4.69) is 33.5 Å². The third-order valence-corrected chi connectivity index (χ3v) is 3.44. The first kappa shape index (κ1) is 12.7. The summed E-state index contributed by atoms with van der Waals surface area (Å²) in [6.07, 6.45) is 3.67. The van der Waals surface area contributed by atoms with Gasteiger partial charge in [0.05, 0.1) is 29.8 Å². The number of hydrogen-bond acceptors (Lipinski definition) is 4. The summed E-state index contributed by atoms with van der Waals surface area (Å²) in [6, 6.07) is 4.12. The Morgan fingerprint density at radius 1 is 1.35 bits per heavy atom. The second-order valence-corrected chi connectivity index (χ2v) is 4.80. The summed E-state index contributed by atoms with van der Waals surface area (Å²) in [6.45, 7) is 5.70. The summed E-state index contributed by atoms with van der Waals surface area (Å²) in [5.74, 6) is 0. The van der Waals surface area contributed by atoms with E-state index in [4.69, 9.17) is 0 Å². The highest BCUT2D eigenvalue weighted by Crippen LogP contribution is 2.19. The first-order chi connectivity index (χ1) is 9.69. The Kier molecular flexibility index (Phi) is 3.14. The van der Waals surface area contributed by atoms with E-state index in [0.717, 1.165) is 41.2 Å². The van der Waals surface area contributed by atoms with Crippen LogP contribution in [-0.4, -0.2) is 24.5 Å². The zero-order valence-electron chi connectivity index (χ0n) is 12.0. The first-order valence-corrected chi connectivity index (χ1v) is 6.73. The summed E-state index contributed by atoms with van der Waals surface area (Å²) in [5.41, 5.74) is 4.07. The molecule has 3 heterocycles. The molecule has 104 valence electrons. The minimum atomic E-state index is 0.736. The summed E-state index contributed by atoms with van der Waals surface area (Å²) in [4.78, 5) is 4.46. The first-order valence-electron chi connectivity index (χ1n) is 6.73. The average molecular weight is 270 g/mol. The van der Waals surface area contributed by atoms with Gasteiger partial charge in [-0.15, -0.1) is 0 Å². The van der Waals surface area contributed by atoms with E-state index in [1.807, 2.05) is 37.1 Å². The fraction of sp³-hybridized carbons (Fsp3) is 0.357. The number of hydrogen-bond donors (Lipinski definition) is 1. The molecule has 0 aromatic carbocycles. The molecule has 1 N–H and O–H groups in total. The fourth-order valence-corrected chi connectivity index (χ4v) is 2.39. The van der Waals surface area contributed by atoms with Crippen molar-refractivity contribution in [2.24, 2.45) is 7.05 Å². The van der Waals surface area contributed by atoms with Crippen LogP contribution in [0, 0.1) is 6.92 Å². The minimum Gasteiger partial charge on any atom is -0.378 e. The maximum Gasteiger partial charge on any atom is 0.157 e. The zero-order valence-corrected chi connectivity index (χ0v) is 12.0. The Morgan fingerprint density at radius 2 is 2.20 bits per heavy atom. The van der Waals surface area contributed by atoms with Crippen LogP contribution in [0.15, 0.2) is 24.5 Å². The molecule has 0 fully saturated rings. The Hall–Kier alpha value is -2.37. The van der Waals surface area contributed by atoms with E-state index in [1.54, 1.807) is 4.68 Å². The number of pyridine rings is 1. The number of anilines is 1. The third-order valence-electron chi connectivity index (χ3n) is 3.44. The highest BCUT2D eigenvalue weighted by atomic mass is 15.3. The molecule has 0 amide bonds. The summed E-state index contributed by atoms with van der Waals surface area (Å²) in [5, 5.41) is 13.1. The van der Waals surface area contributed by atoms with Crippen LogP contribution in [0.1, 0.15) is 18.3 Å². The summed E-state index contributed by atoms with van der Waals surface area (Å²) >= 11 is 0. The van der Waals surface area contributed by atoms with Gasteiger partial charge in [0.2, 0.25) is 0 Å². The van der Waals surface area contributed by atoms with Gasteiger partial charge >= 0.3 is 0 Å². The standard InChI is InChI=1S/C14H18N6/c1-4-20-12(5-6-17-20)9-15-11-7-13-10(2)18-19(3)14(13)16-8-11/h5-8,15H,4,9H2,1-3H3. The van der Waals surface area contributed by atoms with Crippen molar-refractivity contribution in [3.05, 3.63) is 35.9 Å². The monoisotopic (exact) mass is 270 g/mol. The molecule has 0 unspecified atom stereocenters. The van der Waals surface area contributed by atoms with Crippen molar-refractivity contribution in [2.45, 2.75) is 26.9 Å². The molecular weight excluding hydrogens is 252 g/mol. The number of rotatable bonds is 4. The molecule has 0 radical (unpaired) electrons. The van der Waals surface area contributed by atoms with Crippen LogP contribution in [0.5, 0.6) is 0 Å². The van der Waals surface area contributed by atoms with Gasteiger partial charge in [0.15, 0.2) is 5.65 Å². The molecule has 0 aliphatic carbocycles. The van der Waals surface area contributed by atoms with Gasteiger partial charge in [-0.1, -0.05) is 0 Å². The van der Waals surface area contributed by atoms with Crippen LogP contribution in [0.4, 0.5) is 5.69 Å². The number of nitrogens with one attached hydrogen (secondary N) is 1. The van der Waals surface area contributed by atoms with Gasteiger partial charge in [-0.2, -0.15) is 10.2 Å². The van der Waals surface area contributed by atoms with E-state index in [1.165, 1.54) is 0 Å². The molecule has 0 aliphatic rings. The molecule has 0 saturated carbocycles. The van der Waals surface area contributed by atoms with Gasteiger partial charge in [0, 0.05) is 25.2 Å². The van der Waals surface area contributed by atoms with Crippen molar-refractivity contribution in [3.8, 4) is 0 Å². The zero-order chi connectivity index (χ0) is 14.1. The van der Waals surface area contributed by atoms with Crippen LogP contribution < -0.4 is 5.32 Å². The van der Waals surface area contributed by atoms with Crippen molar-refractivity contribution in [1.82, 2.24) is 24.5 Å². The molecule has 3 rings (SSSR count). The van der Waals surface area contributed by atoms with Crippen LogP contribution in [-0.2, 0) is 20.1 Å². The van der Waals surface area contributed by atoms with Crippen molar-refractivity contribution in [3.63, 3.8) is 0 Å². The van der Waals surface area contributed by atoms with Crippen LogP contribution in [0.2, 0.25) is 0 Å². The average Bonchev–Trinajstić information content (AvgIpc) is 3.02. The maximum absolute atomic E-state index is 4.46. The molecule has 0 bridgehead atoms. The van der Waals surface area contributed by atoms with Crippen LogP contribution in [0.25, 0.3) is 11.0 Å². The molecule has 0 spiro atoms. The maximum atomic E-state index is 4.46. The predicted molar refractivity (Wildman–Crippen MR) is 78.5 cm³/mol. The van der Waals surface area contributed by atoms with E-state index in [0.29, 0.717) is 0 Å². The van der Waals surface area contributed by atoms with Gasteiger partial charge in [-0.3, -0.25) is 9.36 Å². The van der Waals surface area contributed by atoms with E-state index in [9.17, 15) is 0 Å². The van der Waals surface area contributed by atoms with E-state index >= 15 is 0 Å². The Balaban J connectivity index is 1.83. The number of nitrogens with zero attached hydrogens (tertiary/aromatic N) is 5. The smallest absolute Gasteiger partial charge is 0.157 e. The van der Waals surface area contributed by atoms with Crippen LogP contribution >= 0.6 is 0 Å². The van der Waals surface area contributed by atoms with Gasteiger partial charge in [-0.05, 0) is 26.0 Å². The number of aromatic nitrogens is 5. The molecule has 0 atom stereocenters. The lowest BCUT2D eigenvalue weighted by Crippen LogP contribution is -2.08. The molecule has 0 aliphatic heterocycles. The number of fused-ring (bicyclic) bond motifs is 1. The van der Waals surface area contributed by atoms with Gasteiger partial charge in [0.25, 0.3) is 0 Å². The summed E-state index contributed by atoms with van der Waals surface area (Å²) in [7, 11) is 1.91. The van der Waals surface area contributed by atoms with E-state index in [-0.39, 0.29) is 0 Å². The Bertz CT molecular complexity index is 739. The van der Waals surface area contributed by atoms with Crippen molar-refractivity contribution in [2.75, 3.05) is 5.32 Å². The number of aryl methyl sites for hydroxylation is 3. The quantitative estimate of drug-likeness (QED) is 0.788. The molecule has 20 heavy (non-hydrogen) atoms. The molecule has 6 nitrogen and oxygen atoms in total. The molecule has 0 saturated heterocycles. The largest absolute Gasteiger partial charge is 0.378 e. The van der Waals surface area contributed by atoms with E-state index < -0.39 is 0 Å². The second kappa shape index (κ2) is 4.96. The van der Waals surface area contributed by atoms with Gasteiger partial charge < -0.3 is 5.32 Å². The van der Waals surface area contributed by atoms with Gasteiger partial charge in [-0.25, -0.2) is 4.98 Å². The fourth-order valence-electron chi connectivity index (χ4n) is 2.39. The Morgan fingerprint density at radius 3 is 3.00 bits per heavy atom. The lowest BCUT2D eigenvalue weighted by Gasteiger charge is -2.08. The van der Waals surface area contributed by atoms with Gasteiger partial charge in [0.1, 0.15) is 0 Å².